The minimum Gasteiger partial charge on any atom is -0.493 e. The zero-order chi connectivity index (χ0) is 22.5. The van der Waals surface area contributed by atoms with Crippen molar-refractivity contribution in [1.82, 2.24) is 9.97 Å². The maximum Gasteiger partial charge on any atom is 0.230 e. The Morgan fingerprint density at radius 3 is 2.31 bits per heavy atom. The molecule has 0 spiro atoms. The SMILES string of the molecule is COc1cc2ncnc(Oc3cccc(NC(=S)Nc4ccc(C)cc4)c3)c2cc1OC. The highest BCUT2D eigenvalue weighted by Crippen LogP contribution is 2.36. The fraction of sp³-hybridized carbons (Fsp3) is 0.125. The topological polar surface area (TPSA) is 77.5 Å². The monoisotopic (exact) mass is 446 g/mol. The van der Waals surface area contributed by atoms with E-state index in [1.807, 2.05) is 55.5 Å². The number of benzene rings is 3. The van der Waals surface area contributed by atoms with Crippen LogP contribution in [0, 0.1) is 6.92 Å². The zero-order valence-electron chi connectivity index (χ0n) is 17.9. The van der Waals surface area contributed by atoms with Crippen molar-refractivity contribution in [3.8, 4) is 23.1 Å². The molecule has 3 aromatic carbocycles. The van der Waals surface area contributed by atoms with E-state index in [2.05, 4.69) is 20.6 Å². The van der Waals surface area contributed by atoms with Crippen molar-refractivity contribution in [2.24, 2.45) is 0 Å². The molecule has 1 aromatic heterocycles. The van der Waals surface area contributed by atoms with Crippen molar-refractivity contribution < 1.29 is 14.2 Å². The third kappa shape index (κ3) is 4.87. The highest BCUT2D eigenvalue weighted by molar-refractivity contribution is 7.80. The number of hydrogen-bond donors (Lipinski definition) is 2. The molecule has 0 fully saturated rings. The first-order valence-electron chi connectivity index (χ1n) is 9.85. The highest BCUT2D eigenvalue weighted by Gasteiger charge is 2.12. The second-order valence-corrected chi connectivity index (χ2v) is 7.39. The molecular weight excluding hydrogens is 424 g/mol. The van der Waals surface area contributed by atoms with Crippen LogP contribution in [0.15, 0.2) is 67.0 Å². The molecule has 4 aromatic rings. The molecule has 0 unspecified atom stereocenters. The molecule has 0 saturated carbocycles. The van der Waals surface area contributed by atoms with Crippen LogP contribution in [0.5, 0.6) is 23.1 Å². The van der Waals surface area contributed by atoms with Crippen molar-refractivity contribution in [2.75, 3.05) is 24.9 Å². The number of methoxy groups -OCH3 is 2. The number of aromatic nitrogens is 2. The van der Waals surface area contributed by atoms with Gasteiger partial charge in [-0.15, -0.1) is 0 Å². The largest absolute Gasteiger partial charge is 0.493 e. The highest BCUT2D eigenvalue weighted by atomic mass is 32.1. The van der Waals surface area contributed by atoms with Crippen molar-refractivity contribution in [2.45, 2.75) is 6.92 Å². The number of aryl methyl sites for hydroxylation is 1. The minimum atomic E-state index is 0.411. The van der Waals surface area contributed by atoms with Crippen LogP contribution in [-0.4, -0.2) is 29.3 Å². The van der Waals surface area contributed by atoms with Crippen LogP contribution in [0.1, 0.15) is 5.56 Å². The number of nitrogens with zero attached hydrogens (tertiary/aromatic N) is 2. The summed E-state index contributed by atoms with van der Waals surface area (Å²) in [6, 6.07) is 19.1. The molecule has 4 rings (SSSR count). The molecule has 0 saturated heterocycles. The average Bonchev–Trinajstić information content (AvgIpc) is 2.80. The summed E-state index contributed by atoms with van der Waals surface area (Å²) in [5.41, 5.74) is 3.57. The van der Waals surface area contributed by atoms with Crippen LogP contribution in [0.2, 0.25) is 0 Å². The molecule has 0 amide bonds. The quantitative estimate of drug-likeness (QED) is 0.373. The lowest BCUT2D eigenvalue weighted by Crippen LogP contribution is -2.18. The maximum absolute atomic E-state index is 6.07. The van der Waals surface area contributed by atoms with E-state index < -0.39 is 0 Å². The molecule has 0 aliphatic rings. The molecule has 0 bridgehead atoms. The predicted molar refractivity (Wildman–Crippen MR) is 130 cm³/mol. The second kappa shape index (κ2) is 9.49. The molecule has 0 atom stereocenters. The molecule has 0 radical (unpaired) electrons. The van der Waals surface area contributed by atoms with Crippen LogP contribution in [0.4, 0.5) is 11.4 Å². The summed E-state index contributed by atoms with van der Waals surface area (Å²) in [5.74, 6) is 2.17. The van der Waals surface area contributed by atoms with Gasteiger partial charge in [-0.25, -0.2) is 9.97 Å². The van der Waals surface area contributed by atoms with Gasteiger partial charge in [-0.05, 0) is 49.5 Å². The number of hydrogen-bond acceptors (Lipinski definition) is 6. The minimum absolute atomic E-state index is 0.411. The van der Waals surface area contributed by atoms with Crippen molar-refractivity contribution in [3.05, 3.63) is 72.6 Å². The van der Waals surface area contributed by atoms with Gasteiger partial charge in [0.2, 0.25) is 5.88 Å². The average molecular weight is 447 g/mol. The molecule has 32 heavy (non-hydrogen) atoms. The summed E-state index contributed by atoms with van der Waals surface area (Å²) in [6.45, 7) is 2.04. The fourth-order valence-electron chi connectivity index (χ4n) is 3.12. The van der Waals surface area contributed by atoms with Gasteiger partial charge in [-0.3, -0.25) is 0 Å². The van der Waals surface area contributed by atoms with Gasteiger partial charge >= 0.3 is 0 Å². The first-order chi connectivity index (χ1) is 15.6. The molecule has 0 aliphatic heterocycles. The van der Waals surface area contributed by atoms with Crippen LogP contribution >= 0.6 is 12.2 Å². The summed E-state index contributed by atoms with van der Waals surface area (Å²) in [4.78, 5) is 8.60. The summed E-state index contributed by atoms with van der Waals surface area (Å²) in [7, 11) is 3.16. The Morgan fingerprint density at radius 1 is 0.844 bits per heavy atom. The van der Waals surface area contributed by atoms with Gasteiger partial charge in [0.25, 0.3) is 0 Å². The van der Waals surface area contributed by atoms with E-state index in [9.17, 15) is 0 Å². The first-order valence-corrected chi connectivity index (χ1v) is 10.3. The van der Waals surface area contributed by atoms with Gasteiger partial charge < -0.3 is 24.8 Å². The lowest BCUT2D eigenvalue weighted by Gasteiger charge is -2.13. The Bertz CT molecular complexity index is 1260. The lowest BCUT2D eigenvalue weighted by molar-refractivity contribution is 0.355. The van der Waals surface area contributed by atoms with Gasteiger partial charge in [-0.1, -0.05) is 23.8 Å². The van der Waals surface area contributed by atoms with E-state index in [1.54, 1.807) is 26.4 Å². The number of nitrogens with one attached hydrogen (secondary N) is 2. The smallest absolute Gasteiger partial charge is 0.230 e. The van der Waals surface area contributed by atoms with E-state index in [4.69, 9.17) is 26.4 Å². The van der Waals surface area contributed by atoms with Crippen molar-refractivity contribution >= 4 is 39.6 Å². The molecule has 1 heterocycles. The summed E-state index contributed by atoms with van der Waals surface area (Å²) >= 11 is 5.43. The van der Waals surface area contributed by atoms with Crippen LogP contribution in [0.25, 0.3) is 10.9 Å². The molecule has 7 nitrogen and oxygen atoms in total. The number of thiocarbonyl (C=S) groups is 1. The number of rotatable bonds is 6. The Hall–Kier alpha value is -3.91. The van der Waals surface area contributed by atoms with Crippen molar-refractivity contribution in [3.63, 3.8) is 0 Å². The van der Waals surface area contributed by atoms with Gasteiger partial charge in [0.15, 0.2) is 16.6 Å². The van der Waals surface area contributed by atoms with Crippen LogP contribution in [-0.2, 0) is 0 Å². The molecule has 162 valence electrons. The Balaban J connectivity index is 1.53. The van der Waals surface area contributed by atoms with Gasteiger partial charge in [0.1, 0.15) is 12.1 Å². The Kier molecular flexibility index (Phi) is 6.32. The predicted octanol–water partition coefficient (Wildman–Crippen LogP) is 5.56. The standard InChI is InChI=1S/C24H22N4O3S/c1-15-7-9-16(10-8-15)27-24(32)28-17-5-4-6-18(11-17)31-23-19-12-21(29-2)22(30-3)13-20(19)25-14-26-23/h4-14H,1-3H3,(H2,27,28,32). The van der Waals surface area contributed by atoms with Gasteiger partial charge in [-0.2, -0.15) is 0 Å². The molecule has 0 aliphatic carbocycles. The van der Waals surface area contributed by atoms with E-state index >= 15 is 0 Å². The number of anilines is 2. The fourth-order valence-corrected chi connectivity index (χ4v) is 3.36. The third-order valence-corrected chi connectivity index (χ3v) is 4.92. The maximum atomic E-state index is 6.07. The summed E-state index contributed by atoms with van der Waals surface area (Å²) in [6.07, 6.45) is 1.45. The van der Waals surface area contributed by atoms with Gasteiger partial charge in [0.05, 0.1) is 25.1 Å². The summed E-state index contributed by atoms with van der Waals surface area (Å²) < 4.78 is 16.8. The molecular formula is C24H22N4O3S. The lowest BCUT2D eigenvalue weighted by atomic mass is 10.2. The Labute approximate surface area is 191 Å². The summed E-state index contributed by atoms with van der Waals surface area (Å²) in [5, 5.41) is 7.53. The first kappa shape index (κ1) is 21.3. The normalized spacial score (nSPS) is 10.5. The van der Waals surface area contributed by atoms with Gasteiger partial charge in [0, 0.05) is 23.5 Å². The Morgan fingerprint density at radius 2 is 1.56 bits per heavy atom. The van der Waals surface area contributed by atoms with Crippen LogP contribution in [0.3, 0.4) is 0 Å². The zero-order valence-corrected chi connectivity index (χ0v) is 18.7. The van der Waals surface area contributed by atoms with E-state index in [0.717, 1.165) is 11.4 Å². The van der Waals surface area contributed by atoms with E-state index in [1.165, 1.54) is 11.9 Å². The van der Waals surface area contributed by atoms with E-state index in [0.29, 0.717) is 39.1 Å². The number of ether oxygens (including phenoxy) is 3. The third-order valence-electron chi connectivity index (χ3n) is 4.72. The second-order valence-electron chi connectivity index (χ2n) is 6.98. The molecule has 2 N–H and O–H groups in total. The van der Waals surface area contributed by atoms with Crippen molar-refractivity contribution in [1.29, 1.82) is 0 Å². The van der Waals surface area contributed by atoms with E-state index in [-0.39, 0.29) is 0 Å². The van der Waals surface area contributed by atoms with Crippen LogP contribution < -0.4 is 24.8 Å². The molecule has 8 heteroatoms. The number of fused-ring (bicyclic) bond motifs is 1.